The molecule has 0 saturated heterocycles. The number of nitriles is 1. The van der Waals surface area contributed by atoms with Crippen LogP contribution >= 0.6 is 11.6 Å². The molecule has 0 aliphatic rings. The number of hydrogen-bond acceptors (Lipinski definition) is 3. The van der Waals surface area contributed by atoms with Crippen LogP contribution < -0.4 is 10.6 Å². The van der Waals surface area contributed by atoms with E-state index in [0.717, 1.165) is 5.56 Å². The van der Waals surface area contributed by atoms with Gasteiger partial charge in [-0.25, -0.2) is 0 Å². The number of halogens is 1. The van der Waals surface area contributed by atoms with Gasteiger partial charge in [0.25, 0.3) is 0 Å². The van der Waals surface area contributed by atoms with Gasteiger partial charge in [0.2, 0.25) is 5.91 Å². The monoisotopic (exact) mass is 313 g/mol. The lowest BCUT2D eigenvalue weighted by molar-refractivity contribution is -0.115. The molecule has 0 heterocycles. The molecule has 0 fully saturated rings. The molecule has 1 atom stereocenters. The summed E-state index contributed by atoms with van der Waals surface area (Å²) in [5, 5.41) is 15.5. The van der Waals surface area contributed by atoms with E-state index < -0.39 is 0 Å². The van der Waals surface area contributed by atoms with Crippen molar-refractivity contribution in [3.05, 3.63) is 64.7 Å². The van der Waals surface area contributed by atoms with Crippen molar-refractivity contribution in [3.8, 4) is 6.07 Å². The van der Waals surface area contributed by atoms with Crippen LogP contribution in [0.15, 0.2) is 48.5 Å². The third kappa shape index (κ3) is 4.08. The van der Waals surface area contributed by atoms with E-state index >= 15 is 0 Å². The van der Waals surface area contributed by atoms with Crippen LogP contribution in [0, 0.1) is 11.3 Å². The van der Waals surface area contributed by atoms with E-state index in [1.165, 1.54) is 0 Å². The fourth-order valence-electron chi connectivity index (χ4n) is 2.07. The number of benzene rings is 2. The van der Waals surface area contributed by atoms with E-state index in [2.05, 4.69) is 10.6 Å². The van der Waals surface area contributed by atoms with Crippen LogP contribution in [-0.4, -0.2) is 12.5 Å². The highest BCUT2D eigenvalue weighted by Gasteiger charge is 2.11. The van der Waals surface area contributed by atoms with Crippen molar-refractivity contribution in [2.45, 2.75) is 13.0 Å². The average molecular weight is 314 g/mol. The number of carbonyl (C=O) groups excluding carboxylic acids is 1. The molecule has 5 heteroatoms. The second kappa shape index (κ2) is 7.60. The third-order valence-electron chi connectivity index (χ3n) is 3.26. The Morgan fingerprint density at radius 1 is 1.23 bits per heavy atom. The second-order valence-corrected chi connectivity index (χ2v) is 5.24. The van der Waals surface area contributed by atoms with Gasteiger partial charge in [0.1, 0.15) is 6.07 Å². The topological polar surface area (TPSA) is 64.9 Å². The van der Waals surface area contributed by atoms with Gasteiger partial charge < -0.3 is 10.6 Å². The molecular formula is C17H16ClN3O. The fourth-order valence-corrected chi connectivity index (χ4v) is 2.37. The lowest BCUT2D eigenvalue weighted by Crippen LogP contribution is -2.30. The zero-order valence-electron chi connectivity index (χ0n) is 12.1. The standard InChI is InChI=1S/C17H16ClN3O/c1-12(14-7-3-4-8-15(14)18)20-11-17(22)21-16-9-5-2-6-13(16)10-19/h2-9,12,20H,11H2,1H3,(H,21,22). The first kappa shape index (κ1) is 16.0. The van der Waals surface area contributed by atoms with E-state index in [-0.39, 0.29) is 18.5 Å². The number of rotatable bonds is 5. The molecular weight excluding hydrogens is 298 g/mol. The minimum atomic E-state index is -0.207. The Labute approximate surface area is 134 Å². The average Bonchev–Trinajstić information content (AvgIpc) is 2.53. The van der Waals surface area contributed by atoms with Gasteiger partial charge in [-0.3, -0.25) is 4.79 Å². The molecule has 0 radical (unpaired) electrons. The van der Waals surface area contributed by atoms with Crippen molar-refractivity contribution in [2.75, 3.05) is 11.9 Å². The Balaban J connectivity index is 1.93. The Bertz CT molecular complexity index is 709. The Morgan fingerprint density at radius 3 is 2.64 bits per heavy atom. The Hall–Kier alpha value is -2.35. The van der Waals surface area contributed by atoms with Crippen molar-refractivity contribution in [3.63, 3.8) is 0 Å². The van der Waals surface area contributed by atoms with E-state index in [1.54, 1.807) is 24.3 Å². The highest BCUT2D eigenvalue weighted by atomic mass is 35.5. The molecule has 22 heavy (non-hydrogen) atoms. The summed E-state index contributed by atoms with van der Waals surface area (Å²) in [6, 6.07) is 16.4. The molecule has 1 amide bonds. The number of amides is 1. The number of anilines is 1. The molecule has 0 spiro atoms. The first-order valence-corrected chi connectivity index (χ1v) is 7.26. The highest BCUT2D eigenvalue weighted by molar-refractivity contribution is 6.31. The van der Waals surface area contributed by atoms with Crippen LogP contribution in [0.4, 0.5) is 5.69 Å². The summed E-state index contributed by atoms with van der Waals surface area (Å²) >= 11 is 6.13. The zero-order chi connectivity index (χ0) is 15.9. The van der Waals surface area contributed by atoms with Crippen LogP contribution in [0.1, 0.15) is 24.1 Å². The lowest BCUT2D eigenvalue weighted by atomic mass is 10.1. The fraction of sp³-hybridized carbons (Fsp3) is 0.176. The molecule has 0 bridgehead atoms. The maximum Gasteiger partial charge on any atom is 0.238 e. The normalized spacial score (nSPS) is 11.5. The van der Waals surface area contributed by atoms with Gasteiger partial charge in [0, 0.05) is 11.1 Å². The van der Waals surface area contributed by atoms with Crippen LogP contribution in [0.3, 0.4) is 0 Å². The number of nitrogens with zero attached hydrogens (tertiary/aromatic N) is 1. The van der Waals surface area contributed by atoms with Crippen molar-refractivity contribution < 1.29 is 4.79 Å². The van der Waals surface area contributed by atoms with E-state index in [0.29, 0.717) is 16.3 Å². The Morgan fingerprint density at radius 2 is 1.91 bits per heavy atom. The second-order valence-electron chi connectivity index (χ2n) is 4.83. The maximum atomic E-state index is 12.0. The van der Waals surface area contributed by atoms with Crippen LogP contribution in [-0.2, 0) is 4.79 Å². The van der Waals surface area contributed by atoms with Gasteiger partial charge in [-0.15, -0.1) is 0 Å². The smallest absolute Gasteiger partial charge is 0.238 e. The van der Waals surface area contributed by atoms with Gasteiger partial charge in [-0.2, -0.15) is 5.26 Å². The summed E-state index contributed by atoms with van der Waals surface area (Å²) in [5.41, 5.74) is 1.89. The third-order valence-corrected chi connectivity index (χ3v) is 3.61. The predicted octanol–water partition coefficient (Wildman–Crippen LogP) is 3.50. The SMILES string of the molecule is CC(NCC(=O)Nc1ccccc1C#N)c1ccccc1Cl. The van der Waals surface area contributed by atoms with Gasteiger partial charge in [0.05, 0.1) is 17.8 Å². The lowest BCUT2D eigenvalue weighted by Gasteiger charge is -2.15. The van der Waals surface area contributed by atoms with Crippen molar-refractivity contribution in [2.24, 2.45) is 0 Å². The van der Waals surface area contributed by atoms with E-state index in [4.69, 9.17) is 16.9 Å². The van der Waals surface area contributed by atoms with Gasteiger partial charge in [0.15, 0.2) is 0 Å². The molecule has 0 aliphatic heterocycles. The molecule has 2 N–H and O–H groups in total. The Kier molecular flexibility index (Phi) is 5.54. The number of carbonyl (C=O) groups is 1. The van der Waals surface area contributed by atoms with E-state index in [9.17, 15) is 4.79 Å². The van der Waals surface area contributed by atoms with Gasteiger partial charge in [-0.05, 0) is 30.7 Å². The molecule has 0 aliphatic carbocycles. The zero-order valence-corrected chi connectivity index (χ0v) is 12.9. The molecule has 2 aromatic rings. The summed E-state index contributed by atoms with van der Waals surface area (Å²) in [6.45, 7) is 2.07. The highest BCUT2D eigenvalue weighted by Crippen LogP contribution is 2.21. The molecule has 112 valence electrons. The van der Waals surface area contributed by atoms with Crippen LogP contribution in [0.5, 0.6) is 0 Å². The number of para-hydroxylation sites is 1. The quantitative estimate of drug-likeness (QED) is 0.888. The summed E-state index contributed by atoms with van der Waals surface area (Å²) in [6.07, 6.45) is 0. The maximum absolute atomic E-state index is 12.0. The minimum absolute atomic E-state index is 0.0503. The summed E-state index contributed by atoms with van der Waals surface area (Å²) in [5.74, 6) is -0.207. The first-order chi connectivity index (χ1) is 10.6. The molecule has 1 unspecified atom stereocenters. The molecule has 2 aromatic carbocycles. The minimum Gasteiger partial charge on any atom is -0.324 e. The largest absolute Gasteiger partial charge is 0.324 e. The van der Waals surface area contributed by atoms with Crippen LogP contribution in [0.25, 0.3) is 0 Å². The number of hydrogen-bond donors (Lipinski definition) is 2. The van der Waals surface area contributed by atoms with Crippen molar-refractivity contribution in [1.29, 1.82) is 5.26 Å². The molecule has 4 nitrogen and oxygen atoms in total. The molecule has 0 saturated carbocycles. The predicted molar refractivity (Wildman–Crippen MR) is 87.7 cm³/mol. The van der Waals surface area contributed by atoms with Crippen molar-refractivity contribution in [1.82, 2.24) is 5.32 Å². The van der Waals surface area contributed by atoms with Crippen molar-refractivity contribution >= 4 is 23.2 Å². The van der Waals surface area contributed by atoms with Gasteiger partial charge in [-0.1, -0.05) is 41.9 Å². The molecule has 2 rings (SSSR count). The van der Waals surface area contributed by atoms with Gasteiger partial charge >= 0.3 is 0 Å². The summed E-state index contributed by atoms with van der Waals surface area (Å²) in [4.78, 5) is 12.0. The summed E-state index contributed by atoms with van der Waals surface area (Å²) in [7, 11) is 0. The first-order valence-electron chi connectivity index (χ1n) is 6.88. The van der Waals surface area contributed by atoms with Crippen LogP contribution in [0.2, 0.25) is 5.02 Å². The number of nitrogens with one attached hydrogen (secondary N) is 2. The molecule has 0 aromatic heterocycles. The van der Waals surface area contributed by atoms with E-state index in [1.807, 2.05) is 37.3 Å². The summed E-state index contributed by atoms with van der Waals surface area (Å²) < 4.78 is 0.